The molecule has 3 aliphatic heterocycles. The van der Waals surface area contributed by atoms with Crippen molar-refractivity contribution in [3.63, 3.8) is 0 Å². The van der Waals surface area contributed by atoms with Gasteiger partial charge in [-0.3, -0.25) is 4.79 Å². The smallest absolute Gasteiger partial charge is 0.220 e. The highest BCUT2D eigenvalue weighted by Crippen LogP contribution is 2.32. The predicted octanol–water partition coefficient (Wildman–Crippen LogP) is -3.04. The van der Waals surface area contributed by atoms with Crippen LogP contribution in [0.2, 0.25) is 0 Å². The summed E-state index contributed by atoms with van der Waals surface area (Å²) in [5.41, 5.74) is 0. The van der Waals surface area contributed by atoms with Crippen LogP contribution in [-0.4, -0.2) is 193 Å². The van der Waals surface area contributed by atoms with Crippen LogP contribution < -0.4 is 5.32 Å². The number of unbranched alkanes of at least 4 members (excludes halogenated alkanes) is 5. The van der Waals surface area contributed by atoms with Crippen molar-refractivity contribution in [1.29, 1.82) is 0 Å². The Kier molecular flexibility index (Phi) is 21.7. The first-order valence-electron chi connectivity index (χ1n) is 19.6. The topological polar surface area (TPSA) is 307 Å². The molecule has 3 saturated heterocycles. The van der Waals surface area contributed by atoms with Gasteiger partial charge in [0.1, 0.15) is 73.2 Å². The fourth-order valence-corrected chi connectivity index (χ4v) is 6.60. The van der Waals surface area contributed by atoms with Gasteiger partial charge < -0.3 is 89.9 Å². The molecule has 3 rings (SSSR count). The Morgan fingerprint density at radius 2 is 1.14 bits per heavy atom. The Bertz CT molecular complexity index is 1160. The van der Waals surface area contributed by atoms with Crippen molar-refractivity contribution in [2.75, 3.05) is 26.4 Å². The van der Waals surface area contributed by atoms with Gasteiger partial charge in [0, 0.05) is 6.42 Å². The van der Waals surface area contributed by atoms with Crippen LogP contribution in [0.25, 0.3) is 0 Å². The van der Waals surface area contributed by atoms with E-state index >= 15 is 0 Å². The van der Waals surface area contributed by atoms with Gasteiger partial charge in [-0.15, -0.1) is 0 Å². The molecule has 0 spiro atoms. The molecule has 0 aromatic heterocycles. The molecular weight excluding hydrogens is 746 g/mol. The van der Waals surface area contributed by atoms with Gasteiger partial charge in [-0.05, 0) is 32.1 Å². The minimum absolute atomic E-state index is 0.185. The summed E-state index contributed by atoms with van der Waals surface area (Å²) < 4.78 is 33.6. The normalized spacial score (nSPS) is 37.9. The zero-order valence-corrected chi connectivity index (χ0v) is 32.1. The van der Waals surface area contributed by atoms with Gasteiger partial charge in [0.25, 0.3) is 0 Å². The van der Waals surface area contributed by atoms with Crippen molar-refractivity contribution in [3.8, 4) is 0 Å². The summed E-state index contributed by atoms with van der Waals surface area (Å²) >= 11 is 0. The van der Waals surface area contributed by atoms with Gasteiger partial charge in [0.2, 0.25) is 5.91 Å². The maximum absolute atomic E-state index is 12.5. The second-order valence-electron chi connectivity index (χ2n) is 14.4. The molecule has 56 heavy (non-hydrogen) atoms. The molecule has 19 heteroatoms. The van der Waals surface area contributed by atoms with Crippen LogP contribution in [0.5, 0.6) is 0 Å². The highest BCUT2D eigenvalue weighted by molar-refractivity contribution is 5.76. The molecule has 0 aliphatic carbocycles. The van der Waals surface area contributed by atoms with Crippen LogP contribution in [0.15, 0.2) is 24.3 Å². The molecule has 17 unspecified atom stereocenters. The molecule has 17 atom stereocenters. The molecule has 0 radical (unpaired) electrons. The van der Waals surface area contributed by atoms with E-state index in [2.05, 4.69) is 24.4 Å². The molecule has 0 bridgehead atoms. The second-order valence-corrected chi connectivity index (χ2v) is 14.4. The van der Waals surface area contributed by atoms with Gasteiger partial charge >= 0.3 is 0 Å². The van der Waals surface area contributed by atoms with E-state index in [4.69, 9.17) is 28.4 Å². The van der Waals surface area contributed by atoms with Crippen molar-refractivity contribution in [2.45, 2.75) is 176 Å². The maximum Gasteiger partial charge on any atom is 0.220 e. The lowest BCUT2D eigenvalue weighted by molar-refractivity contribution is -0.379. The fraction of sp³-hybridized carbons (Fsp3) is 0.865. The Morgan fingerprint density at radius 1 is 0.625 bits per heavy atom. The zero-order valence-electron chi connectivity index (χ0n) is 32.1. The van der Waals surface area contributed by atoms with Gasteiger partial charge in [-0.25, -0.2) is 0 Å². The number of nitrogens with one attached hydrogen (secondary N) is 1. The van der Waals surface area contributed by atoms with Crippen LogP contribution in [0.3, 0.4) is 0 Å². The molecule has 12 N–H and O–H groups in total. The number of allylic oxidation sites excluding steroid dienone is 3. The van der Waals surface area contributed by atoms with Crippen LogP contribution in [0.4, 0.5) is 0 Å². The quantitative estimate of drug-likeness (QED) is 0.0361. The van der Waals surface area contributed by atoms with Crippen LogP contribution in [0.1, 0.15) is 71.6 Å². The average Bonchev–Trinajstić information content (AvgIpc) is 3.19. The number of ether oxygens (including phenoxy) is 6. The Balaban J connectivity index is 1.61. The highest BCUT2D eigenvalue weighted by atomic mass is 16.8. The summed E-state index contributed by atoms with van der Waals surface area (Å²) in [6, 6.07) is -0.977. The Morgan fingerprint density at radius 3 is 1.71 bits per heavy atom. The second kappa shape index (κ2) is 25.0. The lowest BCUT2D eigenvalue weighted by Crippen LogP contribution is -2.66. The fourth-order valence-electron chi connectivity index (χ4n) is 6.60. The third-order valence-corrected chi connectivity index (χ3v) is 9.97. The van der Waals surface area contributed by atoms with E-state index in [1.165, 1.54) is 25.3 Å². The van der Waals surface area contributed by atoms with Gasteiger partial charge in [0.15, 0.2) is 18.9 Å². The van der Waals surface area contributed by atoms with E-state index in [1.807, 2.05) is 6.92 Å². The molecule has 19 nitrogen and oxygen atoms in total. The zero-order chi connectivity index (χ0) is 41.4. The third-order valence-electron chi connectivity index (χ3n) is 9.97. The number of aliphatic hydroxyl groups is 11. The van der Waals surface area contributed by atoms with Crippen molar-refractivity contribution in [3.05, 3.63) is 24.3 Å². The number of hydrogen-bond acceptors (Lipinski definition) is 18. The Hall–Kier alpha value is -1.73. The highest BCUT2D eigenvalue weighted by Gasteiger charge is 2.53. The predicted molar refractivity (Wildman–Crippen MR) is 194 cm³/mol. The van der Waals surface area contributed by atoms with Gasteiger partial charge in [0.05, 0.1) is 38.6 Å². The van der Waals surface area contributed by atoms with Crippen LogP contribution >= 0.6 is 0 Å². The third kappa shape index (κ3) is 13.7. The lowest BCUT2D eigenvalue weighted by atomic mass is 9.96. The van der Waals surface area contributed by atoms with Crippen molar-refractivity contribution >= 4 is 5.91 Å². The molecular formula is C37H65NO18. The van der Waals surface area contributed by atoms with E-state index in [-0.39, 0.29) is 18.9 Å². The minimum Gasteiger partial charge on any atom is -0.394 e. The van der Waals surface area contributed by atoms with Gasteiger partial charge in [-0.2, -0.15) is 0 Å². The lowest BCUT2D eigenvalue weighted by Gasteiger charge is -2.48. The van der Waals surface area contributed by atoms with Crippen LogP contribution in [-0.2, 0) is 33.2 Å². The molecule has 0 saturated carbocycles. The van der Waals surface area contributed by atoms with Crippen molar-refractivity contribution in [1.82, 2.24) is 5.32 Å². The molecule has 326 valence electrons. The summed E-state index contributed by atoms with van der Waals surface area (Å²) in [6.45, 7) is 1.18. The minimum atomic E-state index is -1.97. The molecule has 3 aliphatic rings. The van der Waals surface area contributed by atoms with Crippen LogP contribution in [0, 0.1) is 0 Å². The van der Waals surface area contributed by atoms with E-state index in [0.29, 0.717) is 12.8 Å². The number of carbonyl (C=O) groups excluding carboxylic acids is 1. The molecule has 3 fully saturated rings. The summed E-state index contributed by atoms with van der Waals surface area (Å²) in [4.78, 5) is 12.5. The molecule has 0 aromatic carbocycles. The molecule has 0 aromatic rings. The SMILES string of the molecule is CCCCCC/C=C/CC/C=C/C(O)C(COC1OC(CO)C(OC2OC(CO)C(OC3OC(CO)C(O)C(O)C3O)C(O)C2O)C(O)C1O)NC(=O)CCC. The van der Waals surface area contributed by atoms with E-state index in [0.717, 1.165) is 19.3 Å². The average molecular weight is 812 g/mol. The van der Waals surface area contributed by atoms with Crippen molar-refractivity contribution < 1.29 is 89.4 Å². The first-order chi connectivity index (χ1) is 26.8. The summed E-state index contributed by atoms with van der Waals surface area (Å²) in [5.74, 6) is -0.346. The summed E-state index contributed by atoms with van der Waals surface area (Å²) in [5, 5.41) is 118. The summed E-state index contributed by atoms with van der Waals surface area (Å²) in [7, 11) is 0. The Labute approximate surface area is 327 Å². The standard InChI is InChI=1S/C37H65NO18/c1-3-5-6-7-8-9-10-11-12-13-15-21(42)20(38-25(43)14-4-2)19-51-35-31(49)28(46)33(23(17-40)53-35)56-37-32(50)29(47)34(24(18-41)54-37)55-36-30(48)27(45)26(44)22(16-39)52-36/h9-10,13,15,20-24,26-37,39-42,44-50H,3-8,11-12,14,16-19H2,1-2H3,(H,38,43)/b10-9+,15-13+. The number of carbonyl (C=O) groups is 1. The van der Waals surface area contributed by atoms with E-state index in [9.17, 15) is 61.0 Å². The number of aliphatic hydroxyl groups excluding tert-OH is 11. The van der Waals surface area contributed by atoms with E-state index < -0.39 is 124 Å². The monoisotopic (exact) mass is 811 g/mol. The van der Waals surface area contributed by atoms with Crippen molar-refractivity contribution in [2.24, 2.45) is 0 Å². The van der Waals surface area contributed by atoms with Gasteiger partial charge in [-0.1, -0.05) is 57.4 Å². The molecule has 3 heterocycles. The van der Waals surface area contributed by atoms with E-state index in [1.54, 1.807) is 6.08 Å². The summed E-state index contributed by atoms with van der Waals surface area (Å²) in [6.07, 6.45) is -11.3. The number of hydrogen-bond donors (Lipinski definition) is 12. The number of rotatable bonds is 23. The number of amides is 1. The first kappa shape index (κ1) is 48.6. The maximum atomic E-state index is 12.5. The first-order valence-corrected chi connectivity index (χ1v) is 19.6. The molecule has 1 amide bonds. The largest absolute Gasteiger partial charge is 0.394 e.